The smallest absolute Gasteiger partial charge is 0.223 e. The lowest BCUT2D eigenvalue weighted by atomic mass is 9.97. The largest absolute Gasteiger partial charge is 0.462 e. The van der Waals surface area contributed by atoms with Crippen LogP contribution in [0.4, 0.5) is 0 Å². The van der Waals surface area contributed by atoms with Crippen molar-refractivity contribution >= 4 is 16.7 Å². The standard InChI is InChI=1S/C18H21NO6/c1-10(21)19-15-17(23)16(22)14(9-20)25-18(15)24-13-8-4-6-11-5-2-3-7-12(11)13/h2-8,14-18,20,22-23H,9H2,1H3,(H,19,21)/t14-,15+,16+,17-,18-/m0/s1. The van der Waals surface area contributed by atoms with E-state index in [0.717, 1.165) is 10.8 Å². The highest BCUT2D eigenvalue weighted by Gasteiger charge is 2.46. The SMILES string of the molecule is CC(=O)N[C@H]1[C@@H](Oc2cccc3ccccc23)O[C@@H](CO)[C@@H](O)[C@H]1O. The molecule has 1 fully saturated rings. The minimum Gasteiger partial charge on any atom is -0.462 e. The summed E-state index contributed by atoms with van der Waals surface area (Å²) in [5.74, 6) is 0.118. The Hall–Kier alpha value is -2.19. The van der Waals surface area contributed by atoms with Crippen molar-refractivity contribution in [3.63, 3.8) is 0 Å². The molecule has 1 amide bonds. The lowest BCUT2D eigenvalue weighted by Crippen LogP contribution is -2.65. The van der Waals surface area contributed by atoms with E-state index < -0.39 is 43.2 Å². The summed E-state index contributed by atoms with van der Waals surface area (Å²) in [6.45, 7) is 0.812. The van der Waals surface area contributed by atoms with Crippen LogP contribution in [0.5, 0.6) is 5.75 Å². The number of aliphatic hydroxyl groups excluding tert-OH is 3. The maximum absolute atomic E-state index is 11.5. The number of aliphatic hydroxyl groups is 3. The number of carbonyl (C=O) groups is 1. The van der Waals surface area contributed by atoms with E-state index in [1.807, 2.05) is 36.4 Å². The molecule has 4 N–H and O–H groups in total. The third kappa shape index (κ3) is 3.59. The van der Waals surface area contributed by atoms with Gasteiger partial charge in [-0.2, -0.15) is 0 Å². The summed E-state index contributed by atoms with van der Waals surface area (Å²) in [5, 5.41) is 34.1. The monoisotopic (exact) mass is 347 g/mol. The number of hydrogen-bond acceptors (Lipinski definition) is 6. The molecule has 0 spiro atoms. The van der Waals surface area contributed by atoms with Gasteiger partial charge in [0.15, 0.2) is 0 Å². The van der Waals surface area contributed by atoms with Crippen LogP contribution in [-0.2, 0) is 9.53 Å². The zero-order chi connectivity index (χ0) is 18.0. The van der Waals surface area contributed by atoms with Gasteiger partial charge >= 0.3 is 0 Å². The molecule has 134 valence electrons. The Morgan fingerprint density at radius 1 is 1.16 bits per heavy atom. The second kappa shape index (κ2) is 7.37. The number of fused-ring (bicyclic) bond motifs is 1. The van der Waals surface area contributed by atoms with Crippen molar-refractivity contribution in [3.8, 4) is 5.75 Å². The summed E-state index contributed by atoms with van der Waals surface area (Å²) < 4.78 is 11.5. The Labute approximate surface area is 144 Å². The van der Waals surface area contributed by atoms with E-state index in [0.29, 0.717) is 5.75 Å². The van der Waals surface area contributed by atoms with Gasteiger partial charge in [0, 0.05) is 12.3 Å². The number of hydrogen-bond donors (Lipinski definition) is 4. The van der Waals surface area contributed by atoms with Crippen molar-refractivity contribution in [2.45, 2.75) is 37.6 Å². The Kier molecular flexibility index (Phi) is 5.19. The molecule has 7 nitrogen and oxygen atoms in total. The molecule has 0 aromatic heterocycles. The number of carbonyl (C=O) groups excluding carboxylic acids is 1. The molecule has 2 aromatic rings. The van der Waals surface area contributed by atoms with Gasteiger partial charge in [-0.05, 0) is 11.5 Å². The van der Waals surface area contributed by atoms with Gasteiger partial charge in [0.1, 0.15) is 30.1 Å². The van der Waals surface area contributed by atoms with Gasteiger partial charge in [-0.25, -0.2) is 0 Å². The molecular formula is C18H21NO6. The van der Waals surface area contributed by atoms with Crippen molar-refractivity contribution in [3.05, 3.63) is 42.5 Å². The van der Waals surface area contributed by atoms with Crippen molar-refractivity contribution in [1.29, 1.82) is 0 Å². The maximum atomic E-state index is 11.5. The predicted molar refractivity (Wildman–Crippen MR) is 89.9 cm³/mol. The van der Waals surface area contributed by atoms with E-state index in [9.17, 15) is 20.1 Å². The average Bonchev–Trinajstić information content (AvgIpc) is 2.61. The fraction of sp³-hybridized carbons (Fsp3) is 0.389. The third-order valence-electron chi connectivity index (χ3n) is 4.24. The molecule has 1 saturated heterocycles. The van der Waals surface area contributed by atoms with Crippen LogP contribution in [0.3, 0.4) is 0 Å². The molecule has 3 rings (SSSR count). The summed E-state index contributed by atoms with van der Waals surface area (Å²) in [6.07, 6.45) is -4.76. The van der Waals surface area contributed by atoms with Crippen LogP contribution in [0.1, 0.15) is 6.92 Å². The van der Waals surface area contributed by atoms with Gasteiger partial charge in [-0.1, -0.05) is 36.4 Å². The van der Waals surface area contributed by atoms with Crippen molar-refractivity contribution < 1.29 is 29.6 Å². The van der Waals surface area contributed by atoms with E-state index in [1.54, 1.807) is 6.07 Å². The minimum absolute atomic E-state index is 0.395. The number of nitrogens with one attached hydrogen (secondary N) is 1. The molecule has 5 atom stereocenters. The lowest BCUT2D eigenvalue weighted by Gasteiger charge is -2.42. The molecule has 1 aliphatic heterocycles. The Bertz CT molecular complexity index is 746. The van der Waals surface area contributed by atoms with Crippen LogP contribution in [0.25, 0.3) is 10.8 Å². The van der Waals surface area contributed by atoms with Crippen molar-refractivity contribution in [2.75, 3.05) is 6.61 Å². The minimum atomic E-state index is -1.34. The Morgan fingerprint density at radius 3 is 2.60 bits per heavy atom. The Balaban J connectivity index is 1.92. The second-order valence-corrected chi connectivity index (χ2v) is 6.03. The first kappa shape index (κ1) is 17.6. The van der Waals surface area contributed by atoms with Crippen molar-refractivity contribution in [2.24, 2.45) is 0 Å². The number of ether oxygens (including phenoxy) is 2. The molecule has 25 heavy (non-hydrogen) atoms. The van der Waals surface area contributed by atoms with Gasteiger partial charge < -0.3 is 30.1 Å². The zero-order valence-electron chi connectivity index (χ0n) is 13.7. The third-order valence-corrected chi connectivity index (χ3v) is 4.24. The van der Waals surface area contributed by atoms with Crippen LogP contribution in [-0.4, -0.2) is 58.5 Å². The number of benzene rings is 2. The van der Waals surface area contributed by atoms with E-state index in [4.69, 9.17) is 9.47 Å². The summed E-state index contributed by atoms with van der Waals surface area (Å²) >= 11 is 0. The molecule has 0 aliphatic carbocycles. The maximum Gasteiger partial charge on any atom is 0.223 e. The molecule has 0 saturated carbocycles. The number of rotatable bonds is 4. The second-order valence-electron chi connectivity index (χ2n) is 6.03. The highest BCUT2D eigenvalue weighted by Crippen LogP contribution is 2.29. The molecule has 1 heterocycles. The molecule has 2 aromatic carbocycles. The molecule has 7 heteroatoms. The molecule has 1 aliphatic rings. The summed E-state index contributed by atoms with van der Waals surface area (Å²) in [5.41, 5.74) is 0. The van der Waals surface area contributed by atoms with E-state index in [2.05, 4.69) is 5.32 Å². The number of amides is 1. The van der Waals surface area contributed by atoms with Gasteiger partial charge in [0.25, 0.3) is 0 Å². The first-order valence-electron chi connectivity index (χ1n) is 8.05. The van der Waals surface area contributed by atoms with Gasteiger partial charge in [0.2, 0.25) is 12.2 Å². The fourth-order valence-corrected chi connectivity index (χ4v) is 2.99. The zero-order valence-corrected chi connectivity index (χ0v) is 13.7. The molecule has 0 bridgehead atoms. The van der Waals surface area contributed by atoms with Crippen LogP contribution < -0.4 is 10.1 Å². The summed E-state index contributed by atoms with van der Waals surface area (Å²) in [7, 11) is 0. The first-order chi connectivity index (χ1) is 12.0. The van der Waals surface area contributed by atoms with Gasteiger partial charge in [-0.3, -0.25) is 4.79 Å². The first-order valence-corrected chi connectivity index (χ1v) is 8.05. The van der Waals surface area contributed by atoms with E-state index >= 15 is 0 Å². The fourth-order valence-electron chi connectivity index (χ4n) is 2.99. The lowest BCUT2D eigenvalue weighted by molar-refractivity contribution is -0.244. The topological polar surface area (TPSA) is 108 Å². The van der Waals surface area contributed by atoms with E-state index in [1.165, 1.54) is 6.92 Å². The van der Waals surface area contributed by atoms with Crippen molar-refractivity contribution in [1.82, 2.24) is 5.32 Å². The highest BCUT2D eigenvalue weighted by atomic mass is 16.7. The van der Waals surface area contributed by atoms with Crippen LogP contribution in [0, 0.1) is 0 Å². The van der Waals surface area contributed by atoms with Gasteiger partial charge in [0.05, 0.1) is 6.61 Å². The molecular weight excluding hydrogens is 326 g/mol. The summed E-state index contributed by atoms with van der Waals surface area (Å²) in [4.78, 5) is 11.5. The average molecular weight is 347 g/mol. The molecule has 0 unspecified atom stereocenters. The van der Waals surface area contributed by atoms with E-state index in [-0.39, 0.29) is 0 Å². The highest BCUT2D eigenvalue weighted by molar-refractivity contribution is 5.88. The van der Waals surface area contributed by atoms with Crippen LogP contribution >= 0.6 is 0 Å². The summed E-state index contributed by atoms with van der Waals surface area (Å²) in [6, 6.07) is 12.1. The quantitative estimate of drug-likeness (QED) is 0.628. The predicted octanol–water partition coefficient (Wildman–Crippen LogP) is 0.162. The van der Waals surface area contributed by atoms with Gasteiger partial charge in [-0.15, -0.1) is 0 Å². The Morgan fingerprint density at radius 2 is 1.88 bits per heavy atom. The normalized spacial score (nSPS) is 29.4. The molecule has 0 radical (unpaired) electrons. The van der Waals surface area contributed by atoms with Crippen LogP contribution in [0.2, 0.25) is 0 Å². The van der Waals surface area contributed by atoms with Crippen LogP contribution in [0.15, 0.2) is 42.5 Å².